The van der Waals surface area contributed by atoms with Gasteiger partial charge in [-0.2, -0.15) is 0 Å². The van der Waals surface area contributed by atoms with Crippen molar-refractivity contribution in [2.45, 2.75) is 50.0 Å². The third-order valence-electron chi connectivity index (χ3n) is 5.94. The van der Waals surface area contributed by atoms with E-state index in [1.54, 1.807) is 6.92 Å². The van der Waals surface area contributed by atoms with Gasteiger partial charge >= 0.3 is 0 Å². The number of ether oxygens (including phenoxy) is 2. The van der Waals surface area contributed by atoms with Crippen LogP contribution in [0.5, 0.6) is 28.7 Å². The monoisotopic (exact) mass is 448 g/mol. The summed E-state index contributed by atoms with van der Waals surface area (Å²) in [4.78, 5) is 13.3. The van der Waals surface area contributed by atoms with Crippen molar-refractivity contribution >= 4 is 5.78 Å². The second-order valence-electron chi connectivity index (χ2n) is 8.30. The van der Waals surface area contributed by atoms with Gasteiger partial charge in [-0.05, 0) is 24.5 Å². The Morgan fingerprint density at radius 2 is 1.50 bits per heavy atom. The second-order valence-corrected chi connectivity index (χ2v) is 8.30. The Hall–Kier alpha value is -3.05. The summed E-state index contributed by atoms with van der Waals surface area (Å²) in [7, 11) is 0. The summed E-state index contributed by atoms with van der Waals surface area (Å²) in [5, 5.41) is 70.4. The fraction of sp³-hybridized carbons (Fsp3) is 0.409. The molecular weight excluding hydrogens is 424 g/mol. The number of benzene rings is 2. The lowest BCUT2D eigenvalue weighted by atomic mass is 9.81. The summed E-state index contributed by atoms with van der Waals surface area (Å²) in [6.07, 6.45) is -7.79. The van der Waals surface area contributed by atoms with Gasteiger partial charge in [0.2, 0.25) is 5.78 Å². The number of rotatable bonds is 3. The van der Waals surface area contributed by atoms with Gasteiger partial charge in [-0.25, -0.2) is 0 Å². The van der Waals surface area contributed by atoms with E-state index in [1.165, 1.54) is 12.1 Å². The molecule has 0 unspecified atom stereocenters. The fourth-order valence-corrected chi connectivity index (χ4v) is 4.29. The number of aliphatic hydroxyl groups excluding tert-OH is 3. The van der Waals surface area contributed by atoms with Gasteiger partial charge in [0, 0.05) is 23.8 Å². The molecule has 1 fully saturated rings. The Balaban J connectivity index is 1.76. The number of hydrogen-bond acceptors (Lipinski definition) is 10. The Morgan fingerprint density at radius 1 is 0.875 bits per heavy atom. The van der Waals surface area contributed by atoms with Crippen LogP contribution in [0.25, 0.3) is 0 Å². The summed E-state index contributed by atoms with van der Waals surface area (Å²) in [5.41, 5.74) is -0.0828. The van der Waals surface area contributed by atoms with Crippen LogP contribution in [0, 0.1) is 5.92 Å². The van der Waals surface area contributed by atoms with Crippen molar-refractivity contribution < 1.29 is 50.0 Å². The zero-order valence-corrected chi connectivity index (χ0v) is 17.0. The minimum absolute atomic E-state index is 0.121. The van der Waals surface area contributed by atoms with E-state index in [4.69, 9.17) is 9.47 Å². The fourth-order valence-electron chi connectivity index (χ4n) is 4.29. The molecule has 0 bridgehead atoms. The van der Waals surface area contributed by atoms with Gasteiger partial charge in [-0.15, -0.1) is 0 Å². The zero-order valence-electron chi connectivity index (χ0n) is 17.0. The summed E-state index contributed by atoms with van der Waals surface area (Å²) in [6, 6.07) is 5.69. The maximum absolute atomic E-state index is 13.3. The van der Waals surface area contributed by atoms with Gasteiger partial charge in [-0.1, -0.05) is 6.92 Å². The first-order chi connectivity index (χ1) is 15.1. The smallest absolute Gasteiger partial charge is 0.203 e. The summed E-state index contributed by atoms with van der Waals surface area (Å²) in [5.74, 6) is -2.79. The van der Waals surface area contributed by atoms with Crippen LogP contribution in [0.2, 0.25) is 0 Å². The molecule has 0 amide bonds. The van der Waals surface area contributed by atoms with Crippen LogP contribution in [-0.2, 0) is 4.74 Å². The number of hydrogen-bond donors (Lipinski definition) is 7. The van der Waals surface area contributed by atoms with Crippen LogP contribution in [-0.4, -0.2) is 72.0 Å². The van der Waals surface area contributed by atoms with Crippen molar-refractivity contribution in [3.8, 4) is 28.7 Å². The number of aliphatic hydroxyl groups is 3. The highest BCUT2D eigenvalue weighted by atomic mass is 16.6. The maximum atomic E-state index is 13.3. The molecule has 10 heteroatoms. The van der Waals surface area contributed by atoms with Crippen molar-refractivity contribution in [1.29, 1.82) is 0 Å². The molecule has 172 valence electrons. The Morgan fingerprint density at radius 3 is 2.16 bits per heavy atom. The third kappa shape index (κ3) is 3.82. The second kappa shape index (κ2) is 8.14. The van der Waals surface area contributed by atoms with Crippen LogP contribution in [0.3, 0.4) is 0 Å². The highest BCUT2D eigenvalue weighted by molar-refractivity contribution is 6.05. The molecular formula is C22H24O10. The quantitative estimate of drug-likeness (QED) is 0.354. The van der Waals surface area contributed by atoms with Crippen molar-refractivity contribution in [3.63, 3.8) is 0 Å². The summed E-state index contributed by atoms with van der Waals surface area (Å²) < 4.78 is 11.7. The van der Waals surface area contributed by atoms with E-state index in [0.29, 0.717) is 0 Å². The zero-order chi connectivity index (χ0) is 23.3. The van der Waals surface area contributed by atoms with Crippen LogP contribution >= 0.6 is 0 Å². The third-order valence-corrected chi connectivity index (χ3v) is 5.94. The molecule has 7 atom stereocenters. The van der Waals surface area contributed by atoms with Crippen LogP contribution in [0.1, 0.15) is 35.4 Å². The normalized spacial score (nSPS) is 32.2. The number of ketones is 1. The van der Waals surface area contributed by atoms with Gasteiger partial charge in [-0.3, -0.25) is 4.79 Å². The van der Waals surface area contributed by atoms with Gasteiger partial charge in [0.1, 0.15) is 46.5 Å². The molecule has 1 aliphatic carbocycles. The van der Waals surface area contributed by atoms with E-state index >= 15 is 0 Å². The van der Waals surface area contributed by atoms with Crippen molar-refractivity contribution in [2.24, 2.45) is 5.92 Å². The van der Waals surface area contributed by atoms with Crippen LogP contribution in [0.15, 0.2) is 30.3 Å². The average molecular weight is 448 g/mol. The van der Waals surface area contributed by atoms with Gasteiger partial charge < -0.3 is 45.2 Å². The molecule has 10 nitrogen and oxygen atoms in total. The molecule has 1 heterocycles. The van der Waals surface area contributed by atoms with E-state index in [0.717, 1.165) is 18.2 Å². The Labute approximate surface area is 182 Å². The molecule has 0 radical (unpaired) electrons. The lowest BCUT2D eigenvalue weighted by Gasteiger charge is -2.42. The lowest BCUT2D eigenvalue weighted by Crippen LogP contribution is -2.55. The van der Waals surface area contributed by atoms with E-state index in [2.05, 4.69) is 0 Å². The largest absolute Gasteiger partial charge is 0.508 e. The molecule has 1 saturated carbocycles. The van der Waals surface area contributed by atoms with Crippen LogP contribution < -0.4 is 4.74 Å². The summed E-state index contributed by atoms with van der Waals surface area (Å²) in [6.45, 7) is 1.66. The minimum atomic E-state index is -1.50. The molecule has 2 aromatic rings. The first-order valence-electron chi connectivity index (χ1n) is 10.1. The molecule has 0 saturated heterocycles. The molecule has 2 aliphatic rings. The Kier molecular flexibility index (Phi) is 5.63. The van der Waals surface area contributed by atoms with Crippen LogP contribution in [0.4, 0.5) is 0 Å². The number of carbonyl (C=O) groups is 1. The number of carbonyl (C=O) groups excluding carboxylic acids is 1. The van der Waals surface area contributed by atoms with Crippen molar-refractivity contribution in [1.82, 2.24) is 0 Å². The topological polar surface area (TPSA) is 177 Å². The standard InChI is InChI=1S/C22H24O10/c1-8-2-15(18(28)20(30)17(8)27)32-22-19(29)16-13(26)6-12(25)7-14(16)31-21(22)9-3-10(23)5-11(24)4-9/h3-8,15,17-18,20-28,30H,2H2,1H3/t8-,15+,17-,18-,20+,21-,22-/m0/s1. The first kappa shape index (κ1) is 22.2. The number of Topliss-reactive ketones (excluding diaryl/α,β-unsaturated/α-hetero) is 1. The summed E-state index contributed by atoms with van der Waals surface area (Å²) >= 11 is 0. The van der Waals surface area contributed by atoms with Gasteiger partial charge in [0.15, 0.2) is 12.2 Å². The van der Waals surface area contributed by atoms with Gasteiger partial charge in [0.25, 0.3) is 0 Å². The van der Waals surface area contributed by atoms with Crippen molar-refractivity contribution in [3.05, 3.63) is 41.5 Å². The van der Waals surface area contributed by atoms with E-state index in [1.807, 2.05) is 0 Å². The average Bonchev–Trinajstić information content (AvgIpc) is 2.70. The minimum Gasteiger partial charge on any atom is -0.508 e. The molecule has 2 aromatic carbocycles. The SMILES string of the molecule is C[C@H]1C[C@@H](O[C@H]2C(=O)c3c(O)cc(O)cc3O[C@H]2c2cc(O)cc(O)c2)[C@H](O)[C@H](O)[C@H]1O. The molecule has 32 heavy (non-hydrogen) atoms. The van der Waals surface area contributed by atoms with E-state index in [9.17, 15) is 40.5 Å². The van der Waals surface area contributed by atoms with E-state index in [-0.39, 0.29) is 40.5 Å². The van der Waals surface area contributed by atoms with Gasteiger partial charge in [0.05, 0.1) is 12.2 Å². The molecule has 0 aromatic heterocycles. The van der Waals surface area contributed by atoms with Crippen molar-refractivity contribution in [2.75, 3.05) is 0 Å². The number of fused-ring (bicyclic) bond motifs is 1. The molecule has 7 N–H and O–H groups in total. The predicted octanol–water partition coefficient (Wildman–Crippen LogP) is 0.702. The lowest BCUT2D eigenvalue weighted by molar-refractivity contribution is -0.187. The first-order valence-corrected chi connectivity index (χ1v) is 10.1. The maximum Gasteiger partial charge on any atom is 0.203 e. The predicted molar refractivity (Wildman–Crippen MR) is 108 cm³/mol. The highest BCUT2D eigenvalue weighted by Crippen LogP contribution is 2.44. The molecule has 4 rings (SSSR count). The molecule has 1 aliphatic heterocycles. The number of aromatic hydroxyl groups is 4. The highest BCUT2D eigenvalue weighted by Gasteiger charge is 2.47. The number of phenols is 4. The number of phenolic OH excluding ortho intramolecular Hbond substituents is 4. The van der Waals surface area contributed by atoms with E-state index < -0.39 is 54.1 Å². The Bertz CT molecular complexity index is 1020. The molecule has 0 spiro atoms.